The number of hydrogen-bond acceptors (Lipinski definition) is 3. The molecule has 3 N–H and O–H groups in total. The fraction of sp³-hybridized carbons (Fsp3) is 0.310. The predicted molar refractivity (Wildman–Crippen MR) is 138 cm³/mol. The maximum Gasteiger partial charge on any atom is 0.407 e. The highest BCUT2D eigenvalue weighted by Gasteiger charge is 2.46. The number of carbonyl (C=O) groups is 2. The standard InChI is InChI=1S/C29H31N3O3/c1-18-13-21-15-23(17-30-27(34)35-28(2,3)4)31-25(21)16-24(18)26(33)32-29(11-12-29)22-10-9-19-7-5-6-8-20(19)14-22/h5-10,13-16,31H,11-12,17H2,1-4H3,(H,30,34)(H,32,33). The van der Waals surface area contributed by atoms with Crippen LogP contribution in [0.15, 0.2) is 60.7 Å². The SMILES string of the molecule is Cc1cc2cc(CNC(=O)OC(C)(C)C)[nH]c2cc1C(=O)NC1(c2ccc3ccccc3c2)CC1. The molecular weight excluding hydrogens is 438 g/mol. The molecule has 0 saturated heterocycles. The quantitative estimate of drug-likeness (QED) is 0.332. The maximum absolute atomic E-state index is 13.4. The minimum Gasteiger partial charge on any atom is -0.444 e. The van der Waals surface area contributed by atoms with E-state index in [4.69, 9.17) is 4.74 Å². The lowest BCUT2D eigenvalue weighted by atomic mass is 9.99. The lowest BCUT2D eigenvalue weighted by Crippen LogP contribution is -2.35. The van der Waals surface area contributed by atoms with Crippen LogP contribution in [0.5, 0.6) is 0 Å². The van der Waals surface area contributed by atoms with Crippen LogP contribution in [0, 0.1) is 6.92 Å². The molecule has 0 aliphatic heterocycles. The number of rotatable bonds is 5. The Balaban J connectivity index is 1.33. The van der Waals surface area contributed by atoms with Gasteiger partial charge in [-0.05, 0) is 86.7 Å². The zero-order chi connectivity index (χ0) is 24.8. The third-order valence-corrected chi connectivity index (χ3v) is 6.49. The van der Waals surface area contributed by atoms with E-state index in [2.05, 4.69) is 45.9 Å². The number of benzene rings is 3. The van der Waals surface area contributed by atoms with E-state index in [1.165, 1.54) is 10.8 Å². The number of amides is 2. The molecule has 2 amide bonds. The number of fused-ring (bicyclic) bond motifs is 2. The molecule has 0 spiro atoms. The predicted octanol–water partition coefficient (Wildman–Crippen LogP) is 6.07. The minimum absolute atomic E-state index is 0.0712. The Morgan fingerprint density at radius 2 is 1.71 bits per heavy atom. The van der Waals surface area contributed by atoms with Crippen LogP contribution in [-0.4, -0.2) is 22.6 Å². The molecule has 0 bridgehead atoms. The molecule has 1 heterocycles. The molecule has 0 unspecified atom stereocenters. The number of H-pyrrole nitrogens is 1. The van der Waals surface area contributed by atoms with Gasteiger partial charge in [-0.1, -0.05) is 36.4 Å². The second kappa shape index (κ2) is 8.45. The summed E-state index contributed by atoms with van der Waals surface area (Å²) in [6.45, 7) is 7.76. The van der Waals surface area contributed by atoms with Crippen molar-refractivity contribution in [1.29, 1.82) is 0 Å². The summed E-state index contributed by atoms with van der Waals surface area (Å²) < 4.78 is 5.30. The summed E-state index contributed by atoms with van der Waals surface area (Å²) in [5, 5.41) is 9.46. The van der Waals surface area contributed by atoms with Crippen LogP contribution in [-0.2, 0) is 16.8 Å². The number of hydrogen-bond donors (Lipinski definition) is 3. The van der Waals surface area contributed by atoms with Crippen molar-refractivity contribution in [2.24, 2.45) is 0 Å². The van der Waals surface area contributed by atoms with Crippen LogP contribution in [0.1, 0.15) is 60.8 Å². The van der Waals surface area contributed by atoms with Crippen molar-refractivity contribution >= 4 is 33.7 Å². The molecule has 180 valence electrons. The lowest BCUT2D eigenvalue weighted by molar-refractivity contribution is 0.0522. The second-order valence-corrected chi connectivity index (χ2v) is 10.5. The fourth-order valence-corrected chi connectivity index (χ4v) is 4.56. The van der Waals surface area contributed by atoms with Gasteiger partial charge in [0.25, 0.3) is 5.91 Å². The normalized spacial score (nSPS) is 14.6. The molecule has 1 aliphatic carbocycles. The molecule has 4 aromatic rings. The Kier molecular flexibility index (Phi) is 5.55. The smallest absolute Gasteiger partial charge is 0.407 e. The van der Waals surface area contributed by atoms with Crippen molar-refractivity contribution in [3.8, 4) is 0 Å². The highest BCUT2D eigenvalue weighted by Crippen LogP contribution is 2.46. The van der Waals surface area contributed by atoms with Crippen LogP contribution in [0.4, 0.5) is 4.79 Å². The molecule has 1 aromatic heterocycles. The summed E-state index contributed by atoms with van der Waals surface area (Å²) in [5.74, 6) is -0.0712. The number of carbonyl (C=O) groups excluding carboxylic acids is 2. The van der Waals surface area contributed by atoms with Gasteiger partial charge in [0.15, 0.2) is 0 Å². The third kappa shape index (κ3) is 4.87. The van der Waals surface area contributed by atoms with E-state index in [0.29, 0.717) is 12.1 Å². The van der Waals surface area contributed by atoms with Crippen LogP contribution < -0.4 is 10.6 Å². The molecule has 1 saturated carbocycles. The van der Waals surface area contributed by atoms with Crippen molar-refractivity contribution in [3.05, 3.63) is 83.0 Å². The van der Waals surface area contributed by atoms with Crippen LogP contribution in [0.2, 0.25) is 0 Å². The van der Waals surface area contributed by atoms with Crippen LogP contribution in [0.25, 0.3) is 21.7 Å². The summed E-state index contributed by atoms with van der Waals surface area (Å²) in [6, 6.07) is 20.6. The van der Waals surface area contributed by atoms with E-state index in [0.717, 1.165) is 40.6 Å². The van der Waals surface area contributed by atoms with Gasteiger partial charge in [0.2, 0.25) is 0 Å². The Labute approximate surface area is 205 Å². The second-order valence-electron chi connectivity index (χ2n) is 10.5. The lowest BCUT2D eigenvalue weighted by Gasteiger charge is -2.19. The largest absolute Gasteiger partial charge is 0.444 e. The van der Waals surface area contributed by atoms with E-state index < -0.39 is 11.7 Å². The van der Waals surface area contributed by atoms with Crippen LogP contribution >= 0.6 is 0 Å². The molecule has 1 fully saturated rings. The summed E-state index contributed by atoms with van der Waals surface area (Å²) in [4.78, 5) is 28.6. The molecule has 0 radical (unpaired) electrons. The third-order valence-electron chi connectivity index (χ3n) is 6.49. The first-order chi connectivity index (χ1) is 16.6. The molecule has 3 aromatic carbocycles. The number of ether oxygens (including phenoxy) is 1. The van der Waals surface area contributed by atoms with Gasteiger partial charge in [0.05, 0.1) is 12.1 Å². The van der Waals surface area contributed by atoms with E-state index in [1.807, 2.05) is 58.0 Å². The Morgan fingerprint density at radius 1 is 0.971 bits per heavy atom. The van der Waals surface area contributed by atoms with E-state index in [1.54, 1.807) is 0 Å². The highest BCUT2D eigenvalue weighted by molar-refractivity contribution is 6.00. The number of alkyl carbamates (subject to hydrolysis) is 1. The summed E-state index contributed by atoms with van der Waals surface area (Å²) in [7, 11) is 0. The van der Waals surface area contributed by atoms with Gasteiger partial charge in [-0.3, -0.25) is 4.79 Å². The Bertz CT molecular complexity index is 1440. The van der Waals surface area contributed by atoms with Gasteiger partial charge in [-0.2, -0.15) is 0 Å². The molecule has 6 nitrogen and oxygen atoms in total. The summed E-state index contributed by atoms with van der Waals surface area (Å²) in [5.41, 5.74) is 3.57. The number of nitrogens with one attached hydrogen (secondary N) is 3. The van der Waals surface area contributed by atoms with Gasteiger partial charge in [-0.15, -0.1) is 0 Å². The Hall–Kier alpha value is -3.80. The zero-order valence-electron chi connectivity index (χ0n) is 20.6. The van der Waals surface area contributed by atoms with Gasteiger partial charge >= 0.3 is 6.09 Å². The average Bonchev–Trinajstić information content (AvgIpc) is 3.47. The van der Waals surface area contributed by atoms with Crippen molar-refractivity contribution in [1.82, 2.24) is 15.6 Å². The topological polar surface area (TPSA) is 83.2 Å². The fourth-order valence-electron chi connectivity index (χ4n) is 4.56. The summed E-state index contributed by atoms with van der Waals surface area (Å²) in [6.07, 6.45) is 1.40. The van der Waals surface area contributed by atoms with Gasteiger partial charge in [0.1, 0.15) is 5.60 Å². The van der Waals surface area contributed by atoms with Crippen molar-refractivity contribution in [2.45, 2.75) is 58.2 Å². The molecule has 0 atom stereocenters. The number of aromatic nitrogens is 1. The molecule has 5 rings (SSSR count). The van der Waals surface area contributed by atoms with E-state index in [9.17, 15) is 9.59 Å². The Morgan fingerprint density at radius 3 is 2.43 bits per heavy atom. The van der Waals surface area contributed by atoms with Crippen LogP contribution in [0.3, 0.4) is 0 Å². The van der Waals surface area contributed by atoms with E-state index >= 15 is 0 Å². The van der Waals surface area contributed by atoms with Gasteiger partial charge in [-0.25, -0.2) is 4.79 Å². The van der Waals surface area contributed by atoms with Gasteiger partial charge in [0, 0.05) is 22.2 Å². The first kappa shape index (κ1) is 23.0. The monoisotopic (exact) mass is 469 g/mol. The number of aromatic amines is 1. The molecule has 6 heteroatoms. The maximum atomic E-state index is 13.4. The first-order valence-corrected chi connectivity index (χ1v) is 12.0. The van der Waals surface area contributed by atoms with Crippen molar-refractivity contribution in [3.63, 3.8) is 0 Å². The van der Waals surface area contributed by atoms with Crippen molar-refractivity contribution < 1.29 is 14.3 Å². The molecule has 1 aliphatic rings. The molecular formula is C29H31N3O3. The molecule has 35 heavy (non-hydrogen) atoms. The number of aryl methyl sites for hydroxylation is 1. The first-order valence-electron chi connectivity index (χ1n) is 12.0. The van der Waals surface area contributed by atoms with E-state index in [-0.39, 0.29) is 11.4 Å². The zero-order valence-corrected chi connectivity index (χ0v) is 20.6. The minimum atomic E-state index is -0.546. The van der Waals surface area contributed by atoms with Crippen molar-refractivity contribution in [2.75, 3.05) is 0 Å². The highest BCUT2D eigenvalue weighted by atomic mass is 16.6. The summed E-state index contributed by atoms with van der Waals surface area (Å²) >= 11 is 0. The van der Waals surface area contributed by atoms with Gasteiger partial charge < -0.3 is 20.4 Å². The average molecular weight is 470 g/mol.